The van der Waals surface area contributed by atoms with Crippen LogP contribution in [0.25, 0.3) is 0 Å². The summed E-state index contributed by atoms with van der Waals surface area (Å²) in [4.78, 5) is 9.01. The number of aromatic hydroxyl groups is 2. The Kier molecular flexibility index (Phi) is 9.02. The second-order valence-electron chi connectivity index (χ2n) is 9.74. The molecule has 6 nitrogen and oxygen atoms in total. The molecule has 6 heteroatoms. The summed E-state index contributed by atoms with van der Waals surface area (Å²) in [5.74, 6) is 1.86. The van der Waals surface area contributed by atoms with E-state index in [2.05, 4.69) is 16.6 Å². The van der Waals surface area contributed by atoms with Gasteiger partial charge in [-0.05, 0) is 110 Å². The zero-order valence-electron chi connectivity index (χ0n) is 23.3. The van der Waals surface area contributed by atoms with Gasteiger partial charge in [-0.3, -0.25) is 9.98 Å². The zero-order valence-corrected chi connectivity index (χ0v) is 23.3. The van der Waals surface area contributed by atoms with Crippen molar-refractivity contribution in [1.82, 2.24) is 0 Å². The number of ether oxygens (including phenoxy) is 2. The Morgan fingerprint density at radius 1 is 0.675 bits per heavy atom. The van der Waals surface area contributed by atoms with Crippen LogP contribution in [0.4, 0.5) is 11.4 Å². The lowest BCUT2D eigenvalue weighted by Gasteiger charge is -2.13. The summed E-state index contributed by atoms with van der Waals surface area (Å²) in [5.41, 5.74) is 7.17. The lowest BCUT2D eigenvalue weighted by atomic mass is 9.94. The zero-order chi connectivity index (χ0) is 28.6. The summed E-state index contributed by atoms with van der Waals surface area (Å²) in [7, 11) is 3.24. The van der Waals surface area contributed by atoms with Crippen LogP contribution in [0.5, 0.6) is 23.0 Å². The molecule has 0 saturated carbocycles. The quantitative estimate of drug-likeness (QED) is 0.162. The van der Waals surface area contributed by atoms with Crippen LogP contribution in [0.2, 0.25) is 0 Å². The van der Waals surface area contributed by atoms with Gasteiger partial charge in [-0.1, -0.05) is 24.3 Å². The lowest BCUT2D eigenvalue weighted by molar-refractivity contribution is 0.415. The van der Waals surface area contributed by atoms with Gasteiger partial charge in [0.15, 0.2) is 0 Å². The summed E-state index contributed by atoms with van der Waals surface area (Å²) in [5, 5.41) is 22.0. The smallest absolute Gasteiger partial charge is 0.127 e. The largest absolute Gasteiger partial charge is 0.507 e. The SMILES string of the molecule is C=C(Cc1cc(C)cc(C=Nc2ccc(OC)cc2)c1O)Cc1cc(C)cc(C=Nc2ccc(OC)cc2)c1O. The van der Waals surface area contributed by atoms with Crippen molar-refractivity contribution < 1.29 is 19.7 Å². The van der Waals surface area contributed by atoms with Crippen molar-refractivity contribution in [3.63, 3.8) is 0 Å². The van der Waals surface area contributed by atoms with Crippen molar-refractivity contribution in [3.8, 4) is 23.0 Å². The standard InChI is InChI=1S/C34H34N2O4/c1-22(14-25-16-23(2)18-27(33(25)37)20-35-29-6-10-31(39-4)11-7-29)15-26-17-24(3)19-28(34(26)38)21-36-30-8-12-32(40-5)13-9-30/h6-13,16-21,37-38H,1,14-15H2,2-5H3. The van der Waals surface area contributed by atoms with E-state index >= 15 is 0 Å². The van der Waals surface area contributed by atoms with E-state index in [1.54, 1.807) is 26.6 Å². The summed E-state index contributed by atoms with van der Waals surface area (Å²) in [6, 6.07) is 22.5. The molecule has 0 spiro atoms. The number of allylic oxidation sites excluding steroid dienone is 1. The number of phenolic OH excluding ortho intramolecular Hbond substituents is 2. The highest BCUT2D eigenvalue weighted by Gasteiger charge is 2.13. The number of hydrogen-bond acceptors (Lipinski definition) is 6. The number of rotatable bonds is 10. The number of phenols is 2. The van der Waals surface area contributed by atoms with Gasteiger partial charge in [0.05, 0.1) is 25.6 Å². The molecule has 4 rings (SSSR count). The van der Waals surface area contributed by atoms with Crippen LogP contribution in [0, 0.1) is 13.8 Å². The summed E-state index contributed by atoms with van der Waals surface area (Å²) in [6.07, 6.45) is 4.24. The van der Waals surface area contributed by atoms with Crippen molar-refractivity contribution in [1.29, 1.82) is 0 Å². The van der Waals surface area contributed by atoms with Crippen LogP contribution in [-0.2, 0) is 12.8 Å². The maximum absolute atomic E-state index is 11.0. The number of benzene rings is 4. The molecule has 40 heavy (non-hydrogen) atoms. The van der Waals surface area contributed by atoms with Crippen LogP contribution >= 0.6 is 0 Å². The van der Waals surface area contributed by atoms with Crippen molar-refractivity contribution in [2.24, 2.45) is 9.98 Å². The Labute approximate surface area is 235 Å². The molecule has 0 aromatic heterocycles. The van der Waals surface area contributed by atoms with Crippen LogP contribution < -0.4 is 9.47 Å². The fraction of sp³-hybridized carbons (Fsp3) is 0.176. The molecule has 0 fully saturated rings. The first kappa shape index (κ1) is 28.2. The Bertz CT molecular complexity index is 1440. The highest BCUT2D eigenvalue weighted by Crippen LogP contribution is 2.30. The molecule has 0 radical (unpaired) electrons. The maximum atomic E-state index is 11.0. The molecule has 0 aliphatic carbocycles. The van der Waals surface area contributed by atoms with Gasteiger partial charge in [-0.25, -0.2) is 0 Å². The van der Waals surface area contributed by atoms with E-state index in [0.29, 0.717) is 24.0 Å². The average molecular weight is 535 g/mol. The molecular weight excluding hydrogens is 500 g/mol. The predicted molar refractivity (Wildman–Crippen MR) is 163 cm³/mol. The monoisotopic (exact) mass is 534 g/mol. The molecule has 0 saturated heterocycles. The van der Waals surface area contributed by atoms with E-state index in [4.69, 9.17) is 9.47 Å². The molecule has 4 aromatic rings. The minimum atomic E-state index is 0.171. The third-order valence-corrected chi connectivity index (χ3v) is 6.46. The van der Waals surface area contributed by atoms with E-state index in [-0.39, 0.29) is 11.5 Å². The number of hydrogen-bond donors (Lipinski definition) is 2. The van der Waals surface area contributed by atoms with E-state index in [1.807, 2.05) is 86.6 Å². The van der Waals surface area contributed by atoms with Crippen LogP contribution in [0.1, 0.15) is 33.4 Å². The van der Waals surface area contributed by atoms with Gasteiger partial charge in [0.2, 0.25) is 0 Å². The minimum absolute atomic E-state index is 0.171. The van der Waals surface area contributed by atoms with E-state index in [9.17, 15) is 10.2 Å². The molecule has 0 unspecified atom stereocenters. The molecular formula is C34H34N2O4. The number of methoxy groups -OCH3 is 2. The fourth-order valence-electron chi connectivity index (χ4n) is 4.46. The first-order valence-electron chi connectivity index (χ1n) is 12.9. The molecule has 4 aromatic carbocycles. The number of nitrogens with zero attached hydrogens (tertiary/aromatic N) is 2. The Morgan fingerprint density at radius 2 is 1.05 bits per heavy atom. The molecule has 0 amide bonds. The lowest BCUT2D eigenvalue weighted by Crippen LogP contribution is -1.99. The Hall–Kier alpha value is -4.84. The topological polar surface area (TPSA) is 83.6 Å². The second-order valence-corrected chi connectivity index (χ2v) is 9.74. The third kappa shape index (κ3) is 7.17. The van der Waals surface area contributed by atoms with E-state index in [0.717, 1.165) is 50.7 Å². The van der Waals surface area contributed by atoms with Crippen molar-refractivity contribution in [3.05, 3.63) is 118 Å². The summed E-state index contributed by atoms with van der Waals surface area (Å²) >= 11 is 0. The van der Waals surface area contributed by atoms with Crippen LogP contribution in [-0.4, -0.2) is 36.9 Å². The minimum Gasteiger partial charge on any atom is -0.507 e. The molecule has 0 aliphatic heterocycles. The molecule has 0 aliphatic rings. The van der Waals surface area contributed by atoms with Gasteiger partial charge in [0.25, 0.3) is 0 Å². The Morgan fingerprint density at radius 3 is 1.40 bits per heavy atom. The maximum Gasteiger partial charge on any atom is 0.127 e. The molecule has 0 bridgehead atoms. The highest BCUT2D eigenvalue weighted by atomic mass is 16.5. The first-order valence-corrected chi connectivity index (χ1v) is 12.9. The van der Waals surface area contributed by atoms with Gasteiger partial charge >= 0.3 is 0 Å². The van der Waals surface area contributed by atoms with Crippen molar-refractivity contribution in [2.45, 2.75) is 26.7 Å². The average Bonchev–Trinajstić information content (AvgIpc) is 2.95. The third-order valence-electron chi connectivity index (χ3n) is 6.46. The van der Waals surface area contributed by atoms with Crippen LogP contribution in [0.15, 0.2) is 94.9 Å². The summed E-state index contributed by atoms with van der Waals surface area (Å²) in [6.45, 7) is 8.22. The van der Waals surface area contributed by atoms with Gasteiger partial charge in [0.1, 0.15) is 23.0 Å². The molecule has 2 N–H and O–H groups in total. The van der Waals surface area contributed by atoms with Gasteiger partial charge in [0, 0.05) is 23.6 Å². The first-order chi connectivity index (χ1) is 19.2. The van der Waals surface area contributed by atoms with E-state index < -0.39 is 0 Å². The van der Waals surface area contributed by atoms with Crippen LogP contribution in [0.3, 0.4) is 0 Å². The molecule has 204 valence electrons. The Balaban J connectivity index is 1.50. The van der Waals surface area contributed by atoms with E-state index in [1.165, 1.54) is 0 Å². The highest BCUT2D eigenvalue weighted by molar-refractivity contribution is 5.87. The predicted octanol–water partition coefficient (Wildman–Crippen LogP) is 7.57. The van der Waals surface area contributed by atoms with Gasteiger partial charge in [-0.2, -0.15) is 0 Å². The van der Waals surface area contributed by atoms with Gasteiger partial charge in [-0.15, -0.1) is 0 Å². The van der Waals surface area contributed by atoms with Gasteiger partial charge < -0.3 is 19.7 Å². The van der Waals surface area contributed by atoms with Crippen molar-refractivity contribution in [2.75, 3.05) is 14.2 Å². The van der Waals surface area contributed by atoms with Crippen molar-refractivity contribution >= 4 is 23.8 Å². The molecule has 0 heterocycles. The summed E-state index contributed by atoms with van der Waals surface area (Å²) < 4.78 is 10.4. The number of aryl methyl sites for hydroxylation is 2. The fourth-order valence-corrected chi connectivity index (χ4v) is 4.46. The number of aliphatic imine (C=N–C) groups is 2. The molecule has 0 atom stereocenters. The second kappa shape index (κ2) is 12.8. The normalized spacial score (nSPS) is 11.3.